The van der Waals surface area contributed by atoms with Crippen LogP contribution >= 0.6 is 0 Å². The van der Waals surface area contributed by atoms with Gasteiger partial charge in [0, 0.05) is 17.2 Å². The van der Waals surface area contributed by atoms with Crippen LogP contribution in [0.4, 0.5) is 5.82 Å². The Labute approximate surface area is 145 Å². The Morgan fingerprint density at radius 1 is 1.04 bits per heavy atom. The van der Waals surface area contributed by atoms with Gasteiger partial charge in [-0.25, -0.2) is 13.4 Å². The molecule has 0 fully saturated rings. The molecular formula is C18H17N3O3S. The number of fused-ring (bicyclic) bond motifs is 1. The van der Waals surface area contributed by atoms with Gasteiger partial charge in [-0.1, -0.05) is 24.3 Å². The number of sulfone groups is 1. The Hall–Kier alpha value is -2.93. The van der Waals surface area contributed by atoms with E-state index in [9.17, 15) is 13.2 Å². The van der Waals surface area contributed by atoms with Crippen molar-refractivity contribution in [3.8, 4) is 0 Å². The Balaban J connectivity index is 1.79. The SMILES string of the molecule is Cc1cc(NNC(=O)c2cccc(S(C)(=O)=O)c2)nc2ccccc12. The lowest BCUT2D eigenvalue weighted by atomic mass is 10.1. The first-order chi connectivity index (χ1) is 11.8. The number of anilines is 1. The van der Waals surface area contributed by atoms with E-state index in [1.54, 1.807) is 6.07 Å². The van der Waals surface area contributed by atoms with E-state index in [-0.39, 0.29) is 10.5 Å². The number of nitrogens with zero attached hydrogens (tertiary/aromatic N) is 1. The van der Waals surface area contributed by atoms with Gasteiger partial charge in [-0.05, 0) is 42.8 Å². The Kier molecular flexibility index (Phi) is 4.41. The van der Waals surface area contributed by atoms with Crippen molar-refractivity contribution in [2.75, 3.05) is 11.7 Å². The van der Waals surface area contributed by atoms with Crippen LogP contribution in [-0.4, -0.2) is 25.6 Å². The van der Waals surface area contributed by atoms with Gasteiger partial charge in [-0.3, -0.25) is 15.6 Å². The summed E-state index contributed by atoms with van der Waals surface area (Å²) in [6.45, 7) is 1.96. The fourth-order valence-corrected chi connectivity index (χ4v) is 3.14. The molecule has 0 aliphatic rings. The summed E-state index contributed by atoms with van der Waals surface area (Å²) in [5.74, 6) is 0.0573. The Bertz CT molecular complexity index is 1060. The maximum absolute atomic E-state index is 12.2. The number of pyridine rings is 1. The molecule has 1 heterocycles. The number of hydrazine groups is 1. The molecule has 0 aliphatic carbocycles. The number of aromatic nitrogens is 1. The molecule has 25 heavy (non-hydrogen) atoms. The van der Waals surface area contributed by atoms with Crippen molar-refractivity contribution >= 4 is 32.5 Å². The van der Waals surface area contributed by atoms with E-state index in [4.69, 9.17) is 0 Å². The minimum Gasteiger partial charge on any atom is -0.282 e. The zero-order chi connectivity index (χ0) is 18.0. The summed E-state index contributed by atoms with van der Waals surface area (Å²) in [6, 6.07) is 15.4. The molecule has 0 unspecified atom stereocenters. The highest BCUT2D eigenvalue weighted by Crippen LogP contribution is 2.19. The van der Waals surface area contributed by atoms with Gasteiger partial charge in [0.1, 0.15) is 5.82 Å². The highest BCUT2D eigenvalue weighted by molar-refractivity contribution is 7.90. The summed E-state index contributed by atoms with van der Waals surface area (Å²) in [4.78, 5) is 16.8. The number of rotatable bonds is 4. The van der Waals surface area contributed by atoms with Crippen molar-refractivity contribution in [2.45, 2.75) is 11.8 Å². The van der Waals surface area contributed by atoms with Crippen molar-refractivity contribution in [2.24, 2.45) is 0 Å². The number of nitrogens with one attached hydrogen (secondary N) is 2. The van der Waals surface area contributed by atoms with E-state index in [1.165, 1.54) is 18.2 Å². The third-order valence-electron chi connectivity index (χ3n) is 3.75. The molecule has 2 aromatic carbocycles. The molecule has 0 spiro atoms. The van der Waals surface area contributed by atoms with Gasteiger partial charge >= 0.3 is 0 Å². The fourth-order valence-electron chi connectivity index (χ4n) is 2.47. The van der Waals surface area contributed by atoms with E-state index >= 15 is 0 Å². The van der Waals surface area contributed by atoms with Crippen LogP contribution in [0.2, 0.25) is 0 Å². The predicted octanol–water partition coefficient (Wildman–Crippen LogP) is 2.70. The first-order valence-electron chi connectivity index (χ1n) is 7.57. The second kappa shape index (κ2) is 6.52. The number of carbonyl (C=O) groups is 1. The largest absolute Gasteiger partial charge is 0.282 e. The Morgan fingerprint density at radius 2 is 1.80 bits per heavy atom. The molecule has 0 aliphatic heterocycles. The molecule has 2 N–H and O–H groups in total. The summed E-state index contributed by atoms with van der Waals surface area (Å²) in [5.41, 5.74) is 7.40. The number of para-hydroxylation sites is 1. The third-order valence-corrected chi connectivity index (χ3v) is 4.86. The first-order valence-corrected chi connectivity index (χ1v) is 9.46. The zero-order valence-electron chi connectivity index (χ0n) is 13.8. The maximum atomic E-state index is 12.2. The lowest BCUT2D eigenvalue weighted by molar-refractivity contribution is 0.0962. The van der Waals surface area contributed by atoms with E-state index < -0.39 is 15.7 Å². The monoisotopic (exact) mass is 355 g/mol. The molecule has 3 rings (SSSR count). The molecule has 6 nitrogen and oxygen atoms in total. The second-order valence-electron chi connectivity index (χ2n) is 5.72. The molecule has 0 saturated heterocycles. The minimum atomic E-state index is -3.37. The number of carbonyl (C=O) groups excluding carboxylic acids is 1. The van der Waals surface area contributed by atoms with Crippen LogP contribution in [0.1, 0.15) is 15.9 Å². The fraction of sp³-hybridized carbons (Fsp3) is 0.111. The molecule has 0 atom stereocenters. The summed E-state index contributed by atoms with van der Waals surface area (Å²) >= 11 is 0. The van der Waals surface area contributed by atoms with Crippen LogP contribution in [0.15, 0.2) is 59.5 Å². The third kappa shape index (κ3) is 3.77. The molecule has 3 aromatic rings. The summed E-state index contributed by atoms with van der Waals surface area (Å²) in [7, 11) is -3.37. The van der Waals surface area contributed by atoms with Crippen molar-refractivity contribution in [3.05, 3.63) is 65.7 Å². The number of amides is 1. The molecule has 0 radical (unpaired) electrons. The second-order valence-corrected chi connectivity index (χ2v) is 7.74. The van der Waals surface area contributed by atoms with Crippen LogP contribution < -0.4 is 10.9 Å². The Morgan fingerprint density at radius 3 is 2.56 bits per heavy atom. The number of hydrogen-bond acceptors (Lipinski definition) is 5. The average molecular weight is 355 g/mol. The highest BCUT2D eigenvalue weighted by Gasteiger charge is 2.12. The van der Waals surface area contributed by atoms with Gasteiger partial charge in [0.2, 0.25) is 0 Å². The van der Waals surface area contributed by atoms with Crippen LogP contribution in [0.5, 0.6) is 0 Å². The summed E-state index contributed by atoms with van der Waals surface area (Å²) < 4.78 is 23.2. The normalized spacial score (nSPS) is 11.3. The van der Waals surface area contributed by atoms with Crippen molar-refractivity contribution in [3.63, 3.8) is 0 Å². The number of aryl methyl sites for hydroxylation is 1. The van der Waals surface area contributed by atoms with Crippen molar-refractivity contribution in [1.29, 1.82) is 0 Å². The van der Waals surface area contributed by atoms with E-state index in [2.05, 4.69) is 15.8 Å². The van der Waals surface area contributed by atoms with Gasteiger partial charge in [0.15, 0.2) is 9.84 Å². The first kappa shape index (κ1) is 16.9. The molecule has 128 valence electrons. The van der Waals surface area contributed by atoms with Crippen molar-refractivity contribution in [1.82, 2.24) is 10.4 Å². The maximum Gasteiger partial charge on any atom is 0.269 e. The molecule has 7 heteroatoms. The quantitative estimate of drug-likeness (QED) is 0.703. The van der Waals surface area contributed by atoms with Crippen LogP contribution in [-0.2, 0) is 9.84 Å². The van der Waals surface area contributed by atoms with Gasteiger partial charge in [-0.15, -0.1) is 0 Å². The van der Waals surface area contributed by atoms with E-state index in [1.807, 2.05) is 37.3 Å². The van der Waals surface area contributed by atoms with E-state index in [0.29, 0.717) is 5.82 Å². The van der Waals surface area contributed by atoms with Crippen LogP contribution in [0.25, 0.3) is 10.9 Å². The topological polar surface area (TPSA) is 88.2 Å². The molecule has 0 bridgehead atoms. The average Bonchev–Trinajstić information content (AvgIpc) is 2.59. The molecule has 0 saturated carbocycles. The summed E-state index contributed by atoms with van der Waals surface area (Å²) in [5, 5.41) is 1.04. The van der Waals surface area contributed by atoms with Gasteiger partial charge in [0.25, 0.3) is 5.91 Å². The van der Waals surface area contributed by atoms with Crippen LogP contribution in [0, 0.1) is 6.92 Å². The minimum absolute atomic E-state index is 0.0971. The lowest BCUT2D eigenvalue weighted by Crippen LogP contribution is -2.30. The standard InChI is InChI=1S/C18H17N3O3S/c1-12-10-17(19-16-9-4-3-8-15(12)16)20-21-18(22)13-6-5-7-14(11-13)25(2,23)24/h3-11H,1-2H3,(H,19,20)(H,21,22). The van der Waals surface area contributed by atoms with Crippen LogP contribution in [0.3, 0.4) is 0 Å². The van der Waals surface area contributed by atoms with Gasteiger partial charge in [0.05, 0.1) is 10.4 Å². The zero-order valence-corrected chi connectivity index (χ0v) is 14.6. The lowest BCUT2D eigenvalue weighted by Gasteiger charge is -2.10. The van der Waals surface area contributed by atoms with Crippen molar-refractivity contribution < 1.29 is 13.2 Å². The highest BCUT2D eigenvalue weighted by atomic mass is 32.2. The molecule has 1 aromatic heterocycles. The van der Waals surface area contributed by atoms with E-state index in [0.717, 1.165) is 22.7 Å². The number of hydrogen-bond donors (Lipinski definition) is 2. The molecule has 1 amide bonds. The predicted molar refractivity (Wildman–Crippen MR) is 97.1 cm³/mol. The summed E-state index contributed by atoms with van der Waals surface area (Å²) in [6.07, 6.45) is 1.10. The molecular weight excluding hydrogens is 338 g/mol. The smallest absolute Gasteiger partial charge is 0.269 e. The number of benzene rings is 2. The van der Waals surface area contributed by atoms with Gasteiger partial charge in [-0.2, -0.15) is 0 Å². The van der Waals surface area contributed by atoms with Gasteiger partial charge < -0.3 is 0 Å².